The predicted molar refractivity (Wildman–Crippen MR) is 71.6 cm³/mol. The van der Waals surface area contributed by atoms with Crippen LogP contribution in [0.5, 0.6) is 0 Å². The Bertz CT molecular complexity index is 441. The third-order valence-corrected chi connectivity index (χ3v) is 3.73. The minimum atomic E-state index is 0.0639. The van der Waals surface area contributed by atoms with Crippen molar-refractivity contribution in [1.29, 1.82) is 0 Å². The molecule has 3 N–H and O–H groups in total. The maximum absolute atomic E-state index is 5.97. The van der Waals surface area contributed by atoms with Gasteiger partial charge in [0, 0.05) is 4.88 Å². The second-order valence-corrected chi connectivity index (χ2v) is 5.43. The Morgan fingerprint density at radius 2 is 2.29 bits per heavy atom. The number of hydrogen-bond donors (Lipinski definition) is 2. The second kappa shape index (κ2) is 6.21. The number of nitrogens with two attached hydrogens (primary N) is 1. The summed E-state index contributed by atoms with van der Waals surface area (Å²) in [6.45, 7) is 1.54. The second-order valence-electron chi connectivity index (χ2n) is 3.69. The first-order chi connectivity index (χ1) is 8.31. The van der Waals surface area contributed by atoms with E-state index in [-0.39, 0.29) is 6.04 Å². The van der Waals surface area contributed by atoms with Gasteiger partial charge in [0.25, 0.3) is 0 Å². The lowest BCUT2D eigenvalue weighted by atomic mass is 10.2. The summed E-state index contributed by atoms with van der Waals surface area (Å²) < 4.78 is 6.25. The van der Waals surface area contributed by atoms with E-state index in [1.807, 2.05) is 24.3 Å². The van der Waals surface area contributed by atoms with Crippen LogP contribution in [0.15, 0.2) is 34.9 Å². The van der Waals surface area contributed by atoms with E-state index in [9.17, 15) is 0 Å². The molecular weight excluding hydrogens is 256 g/mol. The molecule has 2 rings (SSSR count). The fourth-order valence-electron chi connectivity index (χ4n) is 1.63. The van der Waals surface area contributed by atoms with Gasteiger partial charge in [0.15, 0.2) is 0 Å². The quantitative estimate of drug-likeness (QED) is 0.794. The summed E-state index contributed by atoms with van der Waals surface area (Å²) in [4.78, 5) is 1.15. The molecule has 0 spiro atoms. The molecule has 17 heavy (non-hydrogen) atoms. The van der Waals surface area contributed by atoms with E-state index in [4.69, 9.17) is 21.8 Å². The Kier molecular flexibility index (Phi) is 4.62. The lowest BCUT2D eigenvalue weighted by Gasteiger charge is -2.14. The maximum atomic E-state index is 5.97. The van der Waals surface area contributed by atoms with Gasteiger partial charge in [-0.2, -0.15) is 0 Å². The van der Waals surface area contributed by atoms with Gasteiger partial charge in [0.1, 0.15) is 11.8 Å². The van der Waals surface area contributed by atoms with E-state index in [1.54, 1.807) is 17.6 Å². The van der Waals surface area contributed by atoms with Gasteiger partial charge in [-0.1, -0.05) is 11.6 Å². The molecule has 0 aromatic carbocycles. The molecule has 5 heteroatoms. The van der Waals surface area contributed by atoms with Crippen LogP contribution in [0.4, 0.5) is 0 Å². The highest BCUT2D eigenvalue weighted by Gasteiger charge is 2.17. The fraction of sp³-hybridized carbons (Fsp3) is 0.333. The molecule has 0 aliphatic heterocycles. The van der Waals surface area contributed by atoms with Crippen LogP contribution in [0.25, 0.3) is 0 Å². The molecule has 0 radical (unpaired) electrons. The van der Waals surface area contributed by atoms with Gasteiger partial charge in [-0.3, -0.25) is 0 Å². The third-order valence-electron chi connectivity index (χ3n) is 2.44. The topological polar surface area (TPSA) is 51.2 Å². The van der Waals surface area contributed by atoms with Crippen LogP contribution in [-0.2, 0) is 0 Å². The van der Waals surface area contributed by atoms with Crippen molar-refractivity contribution >= 4 is 22.9 Å². The van der Waals surface area contributed by atoms with Crippen molar-refractivity contribution in [3.63, 3.8) is 0 Å². The number of rotatable bonds is 6. The monoisotopic (exact) mass is 270 g/mol. The molecule has 0 aliphatic rings. The molecule has 0 saturated carbocycles. The van der Waals surface area contributed by atoms with Crippen molar-refractivity contribution in [2.75, 3.05) is 13.1 Å². The van der Waals surface area contributed by atoms with Gasteiger partial charge in [-0.25, -0.2) is 0 Å². The van der Waals surface area contributed by atoms with Crippen molar-refractivity contribution in [1.82, 2.24) is 5.32 Å². The van der Waals surface area contributed by atoms with Crippen molar-refractivity contribution in [2.45, 2.75) is 12.5 Å². The smallest absolute Gasteiger partial charge is 0.126 e. The molecule has 3 nitrogen and oxygen atoms in total. The van der Waals surface area contributed by atoms with Gasteiger partial charge in [-0.15, -0.1) is 11.3 Å². The van der Waals surface area contributed by atoms with Crippen LogP contribution in [-0.4, -0.2) is 13.1 Å². The van der Waals surface area contributed by atoms with Gasteiger partial charge in [0.05, 0.1) is 10.6 Å². The first-order valence-electron chi connectivity index (χ1n) is 5.53. The molecule has 2 aromatic rings. The molecule has 0 saturated heterocycles. The number of halogens is 1. The zero-order valence-corrected chi connectivity index (χ0v) is 10.9. The van der Waals surface area contributed by atoms with Crippen LogP contribution in [0.3, 0.4) is 0 Å². The van der Waals surface area contributed by atoms with E-state index in [0.717, 1.165) is 27.9 Å². The maximum Gasteiger partial charge on any atom is 0.126 e. The average Bonchev–Trinajstić information content (AvgIpc) is 2.96. The van der Waals surface area contributed by atoms with Crippen LogP contribution in [0.2, 0.25) is 4.34 Å². The molecule has 0 bridgehead atoms. The van der Waals surface area contributed by atoms with Crippen LogP contribution in [0, 0.1) is 0 Å². The molecule has 0 fully saturated rings. The Morgan fingerprint density at radius 1 is 1.41 bits per heavy atom. The van der Waals surface area contributed by atoms with Gasteiger partial charge in [0.2, 0.25) is 0 Å². The average molecular weight is 271 g/mol. The summed E-state index contributed by atoms with van der Waals surface area (Å²) in [6.07, 6.45) is 2.62. The minimum Gasteiger partial charge on any atom is -0.467 e. The molecule has 2 aromatic heterocycles. The lowest BCUT2D eigenvalue weighted by molar-refractivity contribution is 0.448. The Morgan fingerprint density at radius 3 is 2.88 bits per heavy atom. The summed E-state index contributed by atoms with van der Waals surface area (Å²) in [5.41, 5.74) is 5.49. The summed E-state index contributed by atoms with van der Waals surface area (Å²) >= 11 is 7.53. The summed E-state index contributed by atoms with van der Waals surface area (Å²) in [5.74, 6) is 0.903. The molecule has 0 aliphatic carbocycles. The first-order valence-corrected chi connectivity index (χ1v) is 6.73. The van der Waals surface area contributed by atoms with E-state index in [0.29, 0.717) is 6.54 Å². The Hall–Kier alpha value is -0.810. The van der Waals surface area contributed by atoms with Gasteiger partial charge < -0.3 is 15.5 Å². The van der Waals surface area contributed by atoms with Crippen LogP contribution >= 0.6 is 22.9 Å². The molecule has 0 amide bonds. The number of furan rings is 1. The fourth-order valence-corrected chi connectivity index (χ4v) is 2.77. The highest BCUT2D eigenvalue weighted by molar-refractivity contribution is 7.16. The van der Waals surface area contributed by atoms with Crippen LogP contribution in [0.1, 0.15) is 23.1 Å². The summed E-state index contributed by atoms with van der Waals surface area (Å²) in [7, 11) is 0. The lowest BCUT2D eigenvalue weighted by Crippen LogP contribution is -2.24. The third kappa shape index (κ3) is 3.33. The molecule has 1 atom stereocenters. The molecule has 1 unspecified atom stereocenters. The number of nitrogens with one attached hydrogen (secondary N) is 1. The zero-order chi connectivity index (χ0) is 12.1. The molecule has 2 heterocycles. The predicted octanol–water partition coefficient (Wildman–Crippen LogP) is 3.02. The Labute approximate surface area is 110 Å². The minimum absolute atomic E-state index is 0.0639. The van der Waals surface area contributed by atoms with Crippen molar-refractivity contribution < 1.29 is 4.42 Å². The standard InChI is InChI=1S/C12H15ClN2OS/c13-11-5-4-10(17-11)12(15-7-2-6-14)9-3-1-8-16-9/h1,3-5,8,12,15H,2,6-7,14H2. The van der Waals surface area contributed by atoms with Crippen LogP contribution < -0.4 is 11.1 Å². The SMILES string of the molecule is NCCCNC(c1ccco1)c1ccc(Cl)s1. The van der Waals surface area contributed by atoms with Gasteiger partial charge >= 0.3 is 0 Å². The van der Waals surface area contributed by atoms with E-state index < -0.39 is 0 Å². The van der Waals surface area contributed by atoms with Gasteiger partial charge in [-0.05, 0) is 43.8 Å². The highest BCUT2D eigenvalue weighted by Crippen LogP contribution is 2.31. The number of hydrogen-bond acceptors (Lipinski definition) is 4. The largest absolute Gasteiger partial charge is 0.467 e. The summed E-state index contributed by atoms with van der Waals surface area (Å²) in [6, 6.07) is 7.85. The number of thiophene rings is 1. The van der Waals surface area contributed by atoms with E-state index >= 15 is 0 Å². The van der Waals surface area contributed by atoms with E-state index in [2.05, 4.69) is 5.32 Å². The highest BCUT2D eigenvalue weighted by atomic mass is 35.5. The Balaban J connectivity index is 2.13. The van der Waals surface area contributed by atoms with Crippen molar-refractivity contribution in [3.8, 4) is 0 Å². The normalized spacial score (nSPS) is 12.8. The molecule has 92 valence electrons. The summed E-state index contributed by atoms with van der Waals surface area (Å²) in [5, 5.41) is 3.43. The van der Waals surface area contributed by atoms with Crippen molar-refractivity contribution in [3.05, 3.63) is 45.5 Å². The first kappa shape index (κ1) is 12.6. The van der Waals surface area contributed by atoms with Crippen molar-refractivity contribution in [2.24, 2.45) is 5.73 Å². The zero-order valence-electron chi connectivity index (χ0n) is 9.36. The molecular formula is C12H15ClN2OS. The van der Waals surface area contributed by atoms with E-state index in [1.165, 1.54) is 0 Å².